The van der Waals surface area contributed by atoms with Crippen LogP contribution in [-0.4, -0.2) is 43.1 Å². The van der Waals surface area contributed by atoms with Crippen LogP contribution in [0.1, 0.15) is 24.3 Å². The summed E-state index contributed by atoms with van der Waals surface area (Å²) in [6, 6.07) is 5.52. The van der Waals surface area contributed by atoms with Crippen molar-refractivity contribution in [3.8, 4) is 23.0 Å². The van der Waals surface area contributed by atoms with Gasteiger partial charge in [0.2, 0.25) is 11.8 Å². The highest BCUT2D eigenvalue weighted by molar-refractivity contribution is 5.76. The van der Waals surface area contributed by atoms with Crippen LogP contribution in [0.2, 0.25) is 0 Å². The van der Waals surface area contributed by atoms with Gasteiger partial charge in [-0.15, -0.1) is 0 Å². The second-order valence-corrected chi connectivity index (χ2v) is 6.54. The van der Waals surface area contributed by atoms with E-state index in [0.29, 0.717) is 23.9 Å². The first-order valence-electron chi connectivity index (χ1n) is 8.72. The van der Waals surface area contributed by atoms with Gasteiger partial charge in [0.25, 0.3) is 0 Å². The highest BCUT2D eigenvalue weighted by Crippen LogP contribution is 2.34. The van der Waals surface area contributed by atoms with Crippen LogP contribution in [0, 0.1) is 12.8 Å². The third-order valence-electron chi connectivity index (χ3n) is 4.89. The number of amides is 1. The largest absolute Gasteiger partial charge is 0.497 e. The molecule has 2 heterocycles. The fourth-order valence-electron chi connectivity index (χ4n) is 3.26. The summed E-state index contributed by atoms with van der Waals surface area (Å²) in [6.45, 7) is 4.26. The second kappa shape index (κ2) is 7.78. The number of carbonyl (C=O) groups excluding carboxylic acids is 1. The van der Waals surface area contributed by atoms with E-state index >= 15 is 0 Å². The number of nitrogens with two attached hydrogens (primary N) is 1. The third-order valence-corrected chi connectivity index (χ3v) is 4.89. The molecule has 0 aliphatic carbocycles. The van der Waals surface area contributed by atoms with Gasteiger partial charge < -0.3 is 19.6 Å². The van der Waals surface area contributed by atoms with Crippen molar-refractivity contribution in [2.24, 2.45) is 11.7 Å². The van der Waals surface area contributed by atoms with Crippen molar-refractivity contribution in [1.29, 1.82) is 0 Å². The molecule has 7 heteroatoms. The van der Waals surface area contributed by atoms with Crippen LogP contribution in [0.15, 0.2) is 22.6 Å². The second-order valence-electron chi connectivity index (χ2n) is 6.54. The molecule has 1 aromatic carbocycles. The molecule has 1 fully saturated rings. The lowest BCUT2D eigenvalue weighted by Crippen LogP contribution is -2.38. The third kappa shape index (κ3) is 3.83. The Hall–Kier alpha value is -2.54. The molecule has 1 aliphatic heterocycles. The number of aromatic nitrogens is 1. The molecule has 0 unspecified atom stereocenters. The van der Waals surface area contributed by atoms with Crippen molar-refractivity contribution in [3.63, 3.8) is 0 Å². The fraction of sp³-hybridized carbons (Fsp3) is 0.474. The Balaban J connectivity index is 1.77. The number of primary amides is 1. The average molecular weight is 359 g/mol. The molecule has 0 bridgehead atoms. The number of rotatable bonds is 6. The Bertz CT molecular complexity index is 779. The van der Waals surface area contributed by atoms with Crippen LogP contribution in [0.3, 0.4) is 0 Å². The van der Waals surface area contributed by atoms with Crippen molar-refractivity contribution >= 4 is 5.91 Å². The van der Waals surface area contributed by atoms with Crippen molar-refractivity contribution in [2.45, 2.75) is 26.3 Å². The quantitative estimate of drug-likeness (QED) is 0.851. The smallest absolute Gasteiger partial charge is 0.230 e. The van der Waals surface area contributed by atoms with Crippen LogP contribution in [0.25, 0.3) is 11.5 Å². The number of likely N-dealkylation sites (tertiary alicyclic amines) is 1. The molecular formula is C19H25N3O4. The number of ether oxygens (including phenoxy) is 2. The van der Waals surface area contributed by atoms with Crippen LogP contribution in [0.5, 0.6) is 11.5 Å². The molecular weight excluding hydrogens is 334 g/mol. The van der Waals surface area contributed by atoms with Gasteiger partial charge in [-0.25, -0.2) is 4.98 Å². The Morgan fingerprint density at radius 1 is 1.31 bits per heavy atom. The lowest BCUT2D eigenvalue weighted by atomic mass is 9.96. The number of benzene rings is 1. The summed E-state index contributed by atoms with van der Waals surface area (Å²) in [6.07, 6.45) is 1.59. The number of piperidine rings is 1. The SMILES string of the molecule is COc1ccc(OC)c(-c2nc(CN3CCC(C(N)=O)CC3)c(C)o2)c1. The van der Waals surface area contributed by atoms with Gasteiger partial charge in [0.1, 0.15) is 17.3 Å². The van der Waals surface area contributed by atoms with Gasteiger partial charge in [-0.05, 0) is 51.1 Å². The summed E-state index contributed by atoms with van der Waals surface area (Å²) >= 11 is 0. The lowest BCUT2D eigenvalue weighted by molar-refractivity contribution is -0.123. The minimum atomic E-state index is -0.199. The van der Waals surface area contributed by atoms with E-state index in [1.807, 2.05) is 25.1 Å². The number of hydrogen-bond donors (Lipinski definition) is 1. The number of carbonyl (C=O) groups is 1. The predicted octanol–water partition coefficient (Wildman–Crippen LogP) is 2.36. The molecule has 1 aliphatic rings. The summed E-state index contributed by atoms with van der Waals surface area (Å²) in [5, 5.41) is 0. The number of nitrogens with zero attached hydrogens (tertiary/aromatic N) is 2. The summed E-state index contributed by atoms with van der Waals surface area (Å²) in [5.74, 6) is 2.48. The van der Waals surface area contributed by atoms with Crippen molar-refractivity contribution < 1.29 is 18.7 Å². The van der Waals surface area contributed by atoms with Crippen molar-refractivity contribution in [2.75, 3.05) is 27.3 Å². The standard InChI is InChI=1S/C19H25N3O4/c1-12-16(11-22-8-6-13(7-9-22)18(20)23)21-19(26-12)15-10-14(24-2)4-5-17(15)25-3/h4-5,10,13H,6-9,11H2,1-3H3,(H2,20,23). The van der Waals surface area contributed by atoms with E-state index < -0.39 is 0 Å². The molecule has 7 nitrogen and oxygen atoms in total. The van der Waals surface area contributed by atoms with Gasteiger partial charge >= 0.3 is 0 Å². The van der Waals surface area contributed by atoms with Crippen molar-refractivity contribution in [3.05, 3.63) is 29.7 Å². The van der Waals surface area contributed by atoms with Crippen LogP contribution < -0.4 is 15.2 Å². The fourth-order valence-corrected chi connectivity index (χ4v) is 3.26. The van der Waals surface area contributed by atoms with Gasteiger partial charge in [0, 0.05) is 12.5 Å². The van der Waals surface area contributed by atoms with E-state index in [-0.39, 0.29) is 11.8 Å². The van der Waals surface area contributed by atoms with Crippen LogP contribution in [0.4, 0.5) is 0 Å². The number of hydrogen-bond acceptors (Lipinski definition) is 6. The first kappa shape index (κ1) is 18.3. The molecule has 1 aromatic heterocycles. The predicted molar refractivity (Wildman–Crippen MR) is 97.0 cm³/mol. The first-order chi connectivity index (χ1) is 12.5. The maximum absolute atomic E-state index is 11.3. The van der Waals surface area contributed by atoms with Gasteiger partial charge in [-0.2, -0.15) is 0 Å². The Labute approximate surface area is 153 Å². The first-order valence-corrected chi connectivity index (χ1v) is 8.72. The van der Waals surface area contributed by atoms with E-state index in [9.17, 15) is 4.79 Å². The molecule has 2 aromatic rings. The minimum absolute atomic E-state index is 0.0127. The summed E-state index contributed by atoms with van der Waals surface area (Å²) in [4.78, 5) is 18.3. The van der Waals surface area contributed by atoms with Crippen LogP contribution >= 0.6 is 0 Å². The maximum atomic E-state index is 11.3. The zero-order chi connectivity index (χ0) is 18.7. The van der Waals surface area contributed by atoms with Crippen molar-refractivity contribution in [1.82, 2.24) is 9.88 Å². The summed E-state index contributed by atoms with van der Waals surface area (Å²) in [5.41, 5.74) is 7.05. The van der Waals surface area contributed by atoms with E-state index in [1.165, 1.54) is 0 Å². The molecule has 0 saturated carbocycles. The van der Waals surface area contributed by atoms with Gasteiger partial charge in [0.15, 0.2) is 0 Å². The Morgan fingerprint density at radius 2 is 2.04 bits per heavy atom. The number of methoxy groups -OCH3 is 2. The Morgan fingerprint density at radius 3 is 2.65 bits per heavy atom. The highest BCUT2D eigenvalue weighted by atomic mass is 16.5. The molecule has 0 spiro atoms. The maximum Gasteiger partial charge on any atom is 0.230 e. The van der Waals surface area contributed by atoms with Gasteiger partial charge in [-0.3, -0.25) is 9.69 Å². The molecule has 1 saturated heterocycles. The number of oxazole rings is 1. The normalized spacial score (nSPS) is 15.8. The molecule has 140 valence electrons. The molecule has 26 heavy (non-hydrogen) atoms. The van der Waals surface area contributed by atoms with Gasteiger partial charge in [0.05, 0.1) is 25.5 Å². The number of aryl methyl sites for hydroxylation is 1. The van der Waals surface area contributed by atoms with E-state index in [4.69, 9.17) is 19.6 Å². The summed E-state index contributed by atoms with van der Waals surface area (Å²) in [7, 11) is 3.23. The minimum Gasteiger partial charge on any atom is -0.497 e. The topological polar surface area (TPSA) is 90.8 Å². The van der Waals surface area contributed by atoms with Gasteiger partial charge in [-0.1, -0.05) is 0 Å². The molecule has 0 radical (unpaired) electrons. The summed E-state index contributed by atoms with van der Waals surface area (Å²) < 4.78 is 16.6. The average Bonchev–Trinajstić information content (AvgIpc) is 3.02. The molecule has 1 amide bonds. The highest BCUT2D eigenvalue weighted by Gasteiger charge is 2.25. The molecule has 0 atom stereocenters. The molecule has 3 rings (SSSR count). The van der Waals surface area contributed by atoms with Crippen LogP contribution in [-0.2, 0) is 11.3 Å². The Kier molecular flexibility index (Phi) is 5.46. The van der Waals surface area contributed by atoms with E-state index in [1.54, 1.807) is 14.2 Å². The zero-order valence-corrected chi connectivity index (χ0v) is 15.4. The monoisotopic (exact) mass is 359 g/mol. The van der Waals surface area contributed by atoms with E-state index in [0.717, 1.165) is 42.9 Å². The zero-order valence-electron chi connectivity index (χ0n) is 15.4. The lowest BCUT2D eigenvalue weighted by Gasteiger charge is -2.29. The van der Waals surface area contributed by atoms with E-state index in [2.05, 4.69) is 9.88 Å². The molecule has 2 N–H and O–H groups in total.